The molecule has 1 saturated heterocycles. The molecule has 2 fully saturated rings. The topological polar surface area (TPSA) is 128 Å². The van der Waals surface area contributed by atoms with Crippen molar-refractivity contribution in [1.29, 1.82) is 0 Å². The number of nitrogens with one attached hydrogen (secondary N) is 2. The average molecular weight is 388 g/mol. The first-order chi connectivity index (χ1) is 13.4. The molecule has 28 heavy (non-hydrogen) atoms. The van der Waals surface area contributed by atoms with Gasteiger partial charge in [0, 0.05) is 31.2 Å². The van der Waals surface area contributed by atoms with E-state index in [2.05, 4.69) is 10.3 Å². The number of nitrogens with zero attached hydrogens (tertiary/aromatic N) is 2. The number of aromatic nitrogens is 2. The molecule has 2 heterocycles. The number of carbonyl (C=O) groups is 2. The number of hydrogen-bond donors (Lipinski definition) is 4. The van der Waals surface area contributed by atoms with Gasteiger partial charge >= 0.3 is 11.7 Å². The van der Waals surface area contributed by atoms with E-state index in [4.69, 9.17) is 5.11 Å². The monoisotopic (exact) mass is 388 g/mol. The van der Waals surface area contributed by atoms with E-state index in [1.54, 1.807) is 22.8 Å². The number of hydrogen-bond acceptors (Lipinski definition) is 5. The van der Waals surface area contributed by atoms with Crippen LogP contribution in [0, 0.1) is 0 Å². The van der Waals surface area contributed by atoms with Gasteiger partial charge in [0.05, 0.1) is 17.1 Å². The fourth-order valence-electron chi connectivity index (χ4n) is 4.23. The van der Waals surface area contributed by atoms with Crippen molar-refractivity contribution in [1.82, 2.24) is 19.8 Å². The van der Waals surface area contributed by atoms with Gasteiger partial charge in [-0.25, -0.2) is 4.79 Å². The van der Waals surface area contributed by atoms with Gasteiger partial charge in [0.15, 0.2) is 0 Å². The molecule has 1 aromatic carbocycles. The Hall–Kier alpha value is -2.65. The minimum absolute atomic E-state index is 0.0377. The van der Waals surface area contributed by atoms with Crippen molar-refractivity contribution in [2.75, 3.05) is 19.6 Å². The second-order valence-electron chi connectivity index (χ2n) is 7.59. The van der Waals surface area contributed by atoms with Crippen molar-refractivity contribution in [3.8, 4) is 0 Å². The molecule has 2 aromatic rings. The highest BCUT2D eigenvalue weighted by molar-refractivity contribution is 5.97. The van der Waals surface area contributed by atoms with Crippen LogP contribution in [0.4, 0.5) is 0 Å². The summed E-state index contributed by atoms with van der Waals surface area (Å²) in [5, 5.41) is 21.7. The number of imidazole rings is 1. The molecular weight excluding hydrogens is 364 g/mol. The fourth-order valence-corrected chi connectivity index (χ4v) is 4.23. The largest absolute Gasteiger partial charge is 0.480 e. The highest BCUT2D eigenvalue weighted by atomic mass is 16.4. The molecule has 4 rings (SSSR count). The van der Waals surface area contributed by atoms with Crippen molar-refractivity contribution in [3.63, 3.8) is 0 Å². The van der Waals surface area contributed by atoms with Gasteiger partial charge in [-0.05, 0) is 43.9 Å². The van der Waals surface area contributed by atoms with Crippen LogP contribution in [-0.2, 0) is 4.79 Å². The third kappa shape index (κ3) is 3.43. The molecule has 9 heteroatoms. The zero-order valence-corrected chi connectivity index (χ0v) is 15.4. The number of piperazine rings is 1. The van der Waals surface area contributed by atoms with Gasteiger partial charge in [-0.2, -0.15) is 0 Å². The number of carbonyl (C=O) groups excluding carboxylic acids is 1. The summed E-state index contributed by atoms with van der Waals surface area (Å²) >= 11 is 0. The summed E-state index contributed by atoms with van der Waals surface area (Å²) in [4.78, 5) is 40.9. The summed E-state index contributed by atoms with van der Waals surface area (Å²) in [6.07, 6.45) is 2.54. The summed E-state index contributed by atoms with van der Waals surface area (Å²) < 4.78 is 1.72. The van der Waals surface area contributed by atoms with Crippen LogP contribution in [0.5, 0.6) is 0 Å². The van der Waals surface area contributed by atoms with Crippen LogP contribution in [0.15, 0.2) is 23.0 Å². The van der Waals surface area contributed by atoms with Crippen LogP contribution in [0.3, 0.4) is 0 Å². The first-order valence-corrected chi connectivity index (χ1v) is 9.62. The lowest BCUT2D eigenvalue weighted by molar-refractivity contribution is -0.140. The smallest absolute Gasteiger partial charge is 0.326 e. The number of aliphatic hydroxyl groups is 1. The Kier molecular flexibility index (Phi) is 4.94. The summed E-state index contributed by atoms with van der Waals surface area (Å²) in [5.74, 6) is -1.23. The lowest BCUT2D eigenvalue weighted by Gasteiger charge is -2.31. The predicted octanol–water partition coefficient (Wildman–Crippen LogP) is 0.304. The maximum absolute atomic E-state index is 12.8. The maximum Gasteiger partial charge on any atom is 0.326 e. The van der Waals surface area contributed by atoms with Gasteiger partial charge in [0.25, 0.3) is 5.91 Å². The molecule has 0 radical (unpaired) electrons. The molecule has 1 aliphatic carbocycles. The maximum atomic E-state index is 12.8. The van der Waals surface area contributed by atoms with Crippen molar-refractivity contribution in [2.45, 2.75) is 43.9 Å². The molecule has 150 valence electrons. The van der Waals surface area contributed by atoms with Gasteiger partial charge in [-0.3, -0.25) is 14.2 Å². The highest BCUT2D eigenvalue weighted by Gasteiger charge is 2.29. The van der Waals surface area contributed by atoms with E-state index in [0.717, 1.165) is 18.4 Å². The quantitative estimate of drug-likeness (QED) is 0.599. The number of aliphatic hydroxyl groups excluding tert-OH is 1. The Labute approximate surface area is 161 Å². The number of fused-ring (bicyclic) bond motifs is 1. The van der Waals surface area contributed by atoms with E-state index >= 15 is 0 Å². The Morgan fingerprint density at radius 2 is 1.89 bits per heavy atom. The van der Waals surface area contributed by atoms with E-state index in [9.17, 15) is 19.5 Å². The molecule has 1 aromatic heterocycles. The normalized spacial score (nSPS) is 25.8. The number of amides is 1. The SMILES string of the molecule is O=C(O)[C@@H]1CN(C(=O)c2ccc3c(c2)[nH]c(=O)n3C2CCC(O)CC2)CCN1. The molecule has 1 amide bonds. The van der Waals surface area contributed by atoms with Crippen molar-refractivity contribution in [2.24, 2.45) is 0 Å². The van der Waals surface area contributed by atoms with Crippen LogP contribution in [0.1, 0.15) is 42.1 Å². The number of H-pyrrole nitrogens is 1. The van der Waals surface area contributed by atoms with Crippen LogP contribution in [-0.4, -0.2) is 68.3 Å². The zero-order chi connectivity index (χ0) is 19.8. The van der Waals surface area contributed by atoms with Crippen LogP contribution < -0.4 is 11.0 Å². The minimum Gasteiger partial charge on any atom is -0.480 e. The first-order valence-electron chi connectivity index (χ1n) is 9.62. The summed E-state index contributed by atoms with van der Waals surface area (Å²) in [7, 11) is 0. The second-order valence-corrected chi connectivity index (χ2v) is 7.59. The van der Waals surface area contributed by atoms with Crippen LogP contribution >= 0.6 is 0 Å². The van der Waals surface area contributed by atoms with Gasteiger partial charge in [0.1, 0.15) is 6.04 Å². The molecule has 9 nitrogen and oxygen atoms in total. The molecule has 1 saturated carbocycles. The Morgan fingerprint density at radius 3 is 2.61 bits per heavy atom. The zero-order valence-electron chi connectivity index (χ0n) is 15.4. The van der Waals surface area contributed by atoms with Crippen molar-refractivity contribution < 1.29 is 19.8 Å². The Bertz CT molecular complexity index is 957. The molecule has 0 spiro atoms. The number of rotatable bonds is 3. The molecule has 2 aliphatic rings. The second kappa shape index (κ2) is 7.40. The number of carboxylic acid groups (broad SMARTS) is 1. The summed E-state index contributed by atoms with van der Waals surface area (Å²) in [5.41, 5.74) is 1.54. The van der Waals surface area contributed by atoms with E-state index in [1.807, 2.05) is 0 Å². The number of aliphatic carboxylic acids is 1. The van der Waals surface area contributed by atoms with Gasteiger partial charge in [-0.15, -0.1) is 0 Å². The van der Waals surface area contributed by atoms with Gasteiger partial charge in [0.2, 0.25) is 0 Å². The lowest BCUT2D eigenvalue weighted by atomic mass is 9.93. The summed E-state index contributed by atoms with van der Waals surface area (Å²) in [6, 6.07) is 4.37. The van der Waals surface area contributed by atoms with E-state index < -0.39 is 12.0 Å². The van der Waals surface area contributed by atoms with Crippen LogP contribution in [0.2, 0.25) is 0 Å². The Balaban J connectivity index is 1.59. The summed E-state index contributed by atoms with van der Waals surface area (Å²) in [6.45, 7) is 0.961. The third-order valence-electron chi connectivity index (χ3n) is 5.76. The lowest BCUT2D eigenvalue weighted by Crippen LogP contribution is -2.55. The van der Waals surface area contributed by atoms with Gasteiger partial charge < -0.3 is 25.4 Å². The average Bonchev–Trinajstić information content (AvgIpc) is 3.03. The molecule has 1 atom stereocenters. The predicted molar refractivity (Wildman–Crippen MR) is 101 cm³/mol. The minimum atomic E-state index is -0.980. The van der Waals surface area contributed by atoms with Gasteiger partial charge in [-0.1, -0.05) is 0 Å². The molecule has 4 N–H and O–H groups in total. The molecular formula is C19H24N4O5. The number of aromatic amines is 1. The number of benzene rings is 1. The fraction of sp³-hybridized carbons (Fsp3) is 0.526. The first kappa shape index (κ1) is 18.7. The Morgan fingerprint density at radius 1 is 1.14 bits per heavy atom. The van der Waals surface area contributed by atoms with Crippen LogP contribution in [0.25, 0.3) is 11.0 Å². The third-order valence-corrected chi connectivity index (χ3v) is 5.76. The number of carboxylic acids is 1. The van der Waals surface area contributed by atoms with E-state index in [0.29, 0.717) is 37.0 Å². The van der Waals surface area contributed by atoms with E-state index in [-0.39, 0.29) is 30.3 Å². The van der Waals surface area contributed by atoms with Crippen molar-refractivity contribution in [3.05, 3.63) is 34.2 Å². The van der Waals surface area contributed by atoms with Crippen molar-refractivity contribution >= 4 is 22.9 Å². The molecule has 0 unspecified atom stereocenters. The molecule has 0 bridgehead atoms. The standard InChI is InChI=1S/C19H24N4O5/c24-13-4-2-12(3-5-13)23-16-6-1-11(9-14(16)21-19(23)28)17(25)22-8-7-20-15(10-22)18(26)27/h1,6,9,12-13,15,20,24H,2-5,7-8,10H2,(H,21,28)(H,26,27)/t12?,13?,15-/m0/s1. The van der Waals surface area contributed by atoms with E-state index in [1.165, 1.54) is 4.90 Å². The molecule has 1 aliphatic heterocycles. The highest BCUT2D eigenvalue weighted by Crippen LogP contribution is 2.30.